The quantitative estimate of drug-likeness (QED) is 0.390. The molecule has 0 spiro atoms. The molecule has 0 radical (unpaired) electrons. The molecule has 0 aliphatic carbocycles. The van der Waals surface area contributed by atoms with Crippen LogP contribution in [0.15, 0.2) is 48.5 Å². The molecule has 2 aromatic carbocycles. The highest BCUT2D eigenvalue weighted by Crippen LogP contribution is 2.20. The van der Waals surface area contributed by atoms with Gasteiger partial charge in [0, 0.05) is 28.8 Å². The lowest BCUT2D eigenvalue weighted by atomic mass is 9.89. The Kier molecular flexibility index (Phi) is 8.59. The molecule has 0 saturated heterocycles. The Morgan fingerprint density at radius 3 is 2.00 bits per heavy atom. The van der Waals surface area contributed by atoms with Gasteiger partial charge in [-0.15, -0.1) is 0 Å². The van der Waals surface area contributed by atoms with Crippen molar-refractivity contribution in [3.8, 4) is 0 Å². The Balaban J connectivity index is 2.14. The number of nitrogens with one attached hydrogen (secondary N) is 2. The number of Topliss-reactive ketones (excluding diaryl/α,β-unsaturated/α-hetero) is 1. The van der Waals surface area contributed by atoms with Gasteiger partial charge in [-0.2, -0.15) is 0 Å². The lowest BCUT2D eigenvalue weighted by Crippen LogP contribution is -2.45. The Morgan fingerprint density at radius 2 is 1.50 bits per heavy atom. The van der Waals surface area contributed by atoms with E-state index in [-0.39, 0.29) is 31.1 Å². The van der Waals surface area contributed by atoms with E-state index in [1.54, 1.807) is 50.2 Å². The van der Waals surface area contributed by atoms with Crippen LogP contribution in [0.4, 0.5) is 0 Å². The normalized spacial score (nSPS) is 12.3. The van der Waals surface area contributed by atoms with E-state index < -0.39 is 17.2 Å². The molecule has 1 amide bonds. The summed E-state index contributed by atoms with van der Waals surface area (Å²) in [7, 11) is 0. The Hall–Kier alpha value is -2.21. The Morgan fingerprint density at radius 1 is 1.00 bits per heavy atom. The summed E-state index contributed by atoms with van der Waals surface area (Å²) in [4.78, 5) is 25.1. The molecular formula is C23H26Cl2N2O3. The molecule has 0 aliphatic rings. The third-order valence-corrected chi connectivity index (χ3v) is 5.35. The molecule has 0 aromatic heterocycles. The van der Waals surface area contributed by atoms with Gasteiger partial charge in [-0.1, -0.05) is 47.5 Å². The fraction of sp³-hybridized carbons (Fsp3) is 0.348. The maximum absolute atomic E-state index is 12.7. The number of aliphatic hydroxyl groups excluding tert-OH is 1. The molecular weight excluding hydrogens is 423 g/mol. The number of carbonyl (C=O) groups is 2. The van der Waals surface area contributed by atoms with Gasteiger partial charge >= 0.3 is 0 Å². The van der Waals surface area contributed by atoms with Crippen LogP contribution < -0.4 is 5.32 Å². The lowest BCUT2D eigenvalue weighted by Gasteiger charge is -2.24. The number of rotatable bonds is 9. The van der Waals surface area contributed by atoms with Gasteiger partial charge in [0.05, 0.1) is 12.0 Å². The predicted molar refractivity (Wildman–Crippen MR) is 120 cm³/mol. The standard InChI is InChI=1S/C23H26Cl2N2O3/c1-23(2,14-28)22(30)27-21(26)17(11-15-3-7-18(24)8-4-15)13-20(29)12-16-5-9-19(25)10-6-16/h3-10,17,28H,11-14H2,1-2H3,(H2,26,27,30)/t17-/m1/s1. The first-order valence-electron chi connectivity index (χ1n) is 9.62. The zero-order valence-corrected chi connectivity index (χ0v) is 18.6. The molecule has 30 heavy (non-hydrogen) atoms. The van der Waals surface area contributed by atoms with Crippen LogP contribution >= 0.6 is 23.2 Å². The third-order valence-electron chi connectivity index (χ3n) is 4.85. The second-order valence-corrected chi connectivity index (χ2v) is 8.86. The summed E-state index contributed by atoms with van der Waals surface area (Å²) in [5, 5.41) is 21.6. The summed E-state index contributed by atoms with van der Waals surface area (Å²) in [6, 6.07) is 14.2. The van der Waals surface area contributed by atoms with Gasteiger partial charge in [0.25, 0.3) is 0 Å². The van der Waals surface area contributed by atoms with Gasteiger partial charge in [-0.3, -0.25) is 15.0 Å². The van der Waals surface area contributed by atoms with Crippen LogP contribution in [-0.2, 0) is 22.4 Å². The molecule has 0 saturated carbocycles. The zero-order valence-electron chi connectivity index (χ0n) is 17.0. The molecule has 2 rings (SSSR count). The minimum atomic E-state index is -1.02. The average molecular weight is 449 g/mol. The van der Waals surface area contributed by atoms with Crippen molar-refractivity contribution in [1.82, 2.24) is 5.32 Å². The molecule has 2 aromatic rings. The fourth-order valence-electron chi connectivity index (χ4n) is 2.82. The molecule has 0 aliphatic heterocycles. The van der Waals surface area contributed by atoms with Crippen molar-refractivity contribution in [2.24, 2.45) is 11.3 Å². The van der Waals surface area contributed by atoms with Gasteiger partial charge in [0.1, 0.15) is 11.6 Å². The minimum absolute atomic E-state index is 0.0408. The van der Waals surface area contributed by atoms with E-state index in [9.17, 15) is 14.7 Å². The SMILES string of the molecule is CC(C)(CO)C(=O)NC(=N)[C@@H](CC(=O)Cc1ccc(Cl)cc1)Cc1ccc(Cl)cc1. The second kappa shape index (κ2) is 10.7. The van der Waals surface area contributed by atoms with Crippen LogP contribution in [0.3, 0.4) is 0 Å². The van der Waals surface area contributed by atoms with E-state index in [0.717, 1.165) is 11.1 Å². The molecule has 0 fully saturated rings. The van der Waals surface area contributed by atoms with Crippen molar-refractivity contribution < 1.29 is 14.7 Å². The first kappa shape index (κ1) is 24.1. The summed E-state index contributed by atoms with van der Waals surface area (Å²) in [6.07, 6.45) is 0.726. The van der Waals surface area contributed by atoms with E-state index in [4.69, 9.17) is 28.6 Å². The number of halogens is 2. The molecule has 160 valence electrons. The summed E-state index contributed by atoms with van der Waals surface area (Å²) in [5.74, 6) is -1.05. The fourth-order valence-corrected chi connectivity index (χ4v) is 3.08. The zero-order chi connectivity index (χ0) is 22.3. The van der Waals surface area contributed by atoms with Gasteiger partial charge in [0.15, 0.2) is 0 Å². The topological polar surface area (TPSA) is 90.2 Å². The Labute approximate surface area is 186 Å². The van der Waals surface area contributed by atoms with Crippen LogP contribution in [0.1, 0.15) is 31.4 Å². The monoisotopic (exact) mass is 448 g/mol. The maximum atomic E-state index is 12.7. The molecule has 1 atom stereocenters. The Bertz CT molecular complexity index is 894. The number of amidine groups is 1. The lowest BCUT2D eigenvalue weighted by molar-refractivity contribution is -0.130. The smallest absolute Gasteiger partial charge is 0.233 e. The largest absolute Gasteiger partial charge is 0.395 e. The summed E-state index contributed by atoms with van der Waals surface area (Å²) >= 11 is 11.8. The van der Waals surface area contributed by atoms with Gasteiger partial charge in [-0.05, 0) is 55.7 Å². The first-order valence-corrected chi connectivity index (χ1v) is 10.4. The first-order chi connectivity index (χ1) is 14.1. The van der Waals surface area contributed by atoms with Crippen molar-refractivity contribution in [3.63, 3.8) is 0 Å². The van der Waals surface area contributed by atoms with Crippen LogP contribution in [-0.4, -0.2) is 29.2 Å². The third kappa shape index (κ3) is 7.24. The summed E-state index contributed by atoms with van der Waals surface area (Å²) in [5.41, 5.74) is 0.723. The van der Waals surface area contributed by atoms with Crippen molar-refractivity contribution in [1.29, 1.82) is 5.41 Å². The van der Waals surface area contributed by atoms with Crippen molar-refractivity contribution in [3.05, 3.63) is 69.7 Å². The summed E-state index contributed by atoms with van der Waals surface area (Å²) < 4.78 is 0. The van der Waals surface area contributed by atoms with Crippen LogP contribution in [0.25, 0.3) is 0 Å². The molecule has 0 heterocycles. The van der Waals surface area contributed by atoms with E-state index in [1.165, 1.54) is 0 Å². The number of carbonyl (C=O) groups excluding carboxylic acids is 2. The van der Waals surface area contributed by atoms with Gasteiger partial charge < -0.3 is 10.4 Å². The highest BCUT2D eigenvalue weighted by Gasteiger charge is 2.29. The second-order valence-electron chi connectivity index (χ2n) is 7.98. The van der Waals surface area contributed by atoms with E-state index >= 15 is 0 Å². The highest BCUT2D eigenvalue weighted by molar-refractivity contribution is 6.30. The average Bonchev–Trinajstić information content (AvgIpc) is 2.70. The predicted octanol–water partition coefficient (Wildman–Crippen LogP) is 4.47. The van der Waals surface area contributed by atoms with E-state index in [0.29, 0.717) is 16.5 Å². The van der Waals surface area contributed by atoms with Crippen LogP contribution in [0.5, 0.6) is 0 Å². The molecule has 0 unspecified atom stereocenters. The van der Waals surface area contributed by atoms with Gasteiger partial charge in [-0.25, -0.2) is 0 Å². The van der Waals surface area contributed by atoms with Gasteiger partial charge in [0.2, 0.25) is 5.91 Å². The van der Waals surface area contributed by atoms with Crippen molar-refractivity contribution in [2.75, 3.05) is 6.61 Å². The highest BCUT2D eigenvalue weighted by atomic mass is 35.5. The molecule has 3 N–H and O–H groups in total. The van der Waals surface area contributed by atoms with E-state index in [1.807, 2.05) is 12.1 Å². The number of amides is 1. The number of hydrogen-bond donors (Lipinski definition) is 3. The molecule has 0 bridgehead atoms. The summed E-state index contributed by atoms with van der Waals surface area (Å²) in [6.45, 7) is 2.84. The molecule has 5 nitrogen and oxygen atoms in total. The van der Waals surface area contributed by atoms with Crippen molar-refractivity contribution in [2.45, 2.75) is 33.1 Å². The maximum Gasteiger partial charge on any atom is 0.233 e. The number of aliphatic hydroxyl groups is 1. The number of ketones is 1. The van der Waals surface area contributed by atoms with E-state index in [2.05, 4.69) is 5.32 Å². The number of benzene rings is 2. The molecule has 7 heteroatoms. The number of hydrogen-bond acceptors (Lipinski definition) is 4. The minimum Gasteiger partial charge on any atom is -0.395 e. The van der Waals surface area contributed by atoms with Crippen LogP contribution in [0.2, 0.25) is 10.0 Å². The van der Waals surface area contributed by atoms with Crippen molar-refractivity contribution >= 4 is 40.7 Å². The van der Waals surface area contributed by atoms with Crippen LogP contribution in [0, 0.1) is 16.7 Å².